The van der Waals surface area contributed by atoms with Crippen LogP contribution in [0.25, 0.3) is 0 Å². The minimum Gasteiger partial charge on any atom is -0.489 e. The third-order valence-corrected chi connectivity index (χ3v) is 4.60. The molecule has 0 saturated carbocycles. The van der Waals surface area contributed by atoms with E-state index in [0.29, 0.717) is 5.95 Å². The van der Waals surface area contributed by atoms with Crippen LogP contribution in [0, 0.1) is 0 Å². The van der Waals surface area contributed by atoms with Gasteiger partial charge < -0.3 is 19.9 Å². The van der Waals surface area contributed by atoms with Gasteiger partial charge in [0.15, 0.2) is 0 Å². The van der Waals surface area contributed by atoms with Crippen molar-refractivity contribution in [3.8, 4) is 5.75 Å². The summed E-state index contributed by atoms with van der Waals surface area (Å²) in [5, 5.41) is 2.89. The number of nitrogens with one attached hydrogen (secondary N) is 1. The summed E-state index contributed by atoms with van der Waals surface area (Å²) < 4.78 is 6.14. The number of amides is 1. The Morgan fingerprint density at radius 3 is 2.70 bits per heavy atom. The van der Waals surface area contributed by atoms with Gasteiger partial charge >= 0.3 is 0 Å². The summed E-state index contributed by atoms with van der Waals surface area (Å²) in [6, 6.07) is 9.85. The Hall–Kier alpha value is -2.83. The molecule has 1 unspecified atom stereocenters. The second-order valence-corrected chi connectivity index (χ2v) is 7.08. The van der Waals surface area contributed by atoms with Crippen molar-refractivity contribution in [1.82, 2.24) is 15.3 Å². The molecule has 1 amide bonds. The highest BCUT2D eigenvalue weighted by Gasteiger charge is 2.25. The quantitative estimate of drug-likeness (QED) is 0.843. The molecule has 0 spiro atoms. The number of hydrogen-bond donors (Lipinski definition) is 1. The van der Waals surface area contributed by atoms with Crippen molar-refractivity contribution in [2.24, 2.45) is 0 Å². The van der Waals surface area contributed by atoms with E-state index in [1.54, 1.807) is 6.20 Å². The summed E-state index contributed by atoms with van der Waals surface area (Å²) in [5.41, 5.74) is 1.06. The Kier molecular flexibility index (Phi) is 5.78. The first-order valence-corrected chi connectivity index (χ1v) is 9.21. The van der Waals surface area contributed by atoms with E-state index >= 15 is 0 Å². The van der Waals surface area contributed by atoms with Crippen LogP contribution in [0.3, 0.4) is 0 Å². The molecular weight excluding hydrogens is 342 g/mol. The van der Waals surface area contributed by atoms with Gasteiger partial charge in [0.25, 0.3) is 0 Å². The molecule has 1 aliphatic heterocycles. The van der Waals surface area contributed by atoms with Gasteiger partial charge in [0.1, 0.15) is 17.7 Å². The van der Waals surface area contributed by atoms with Gasteiger partial charge in [0, 0.05) is 40.2 Å². The number of carbonyl (C=O) groups excluding carboxylic acids is 1. The van der Waals surface area contributed by atoms with Crippen molar-refractivity contribution in [3.63, 3.8) is 0 Å². The lowest BCUT2D eigenvalue weighted by Crippen LogP contribution is -2.26. The van der Waals surface area contributed by atoms with Crippen LogP contribution in [0.15, 0.2) is 36.5 Å². The highest BCUT2D eigenvalue weighted by Crippen LogP contribution is 2.24. The van der Waals surface area contributed by atoms with Crippen molar-refractivity contribution >= 4 is 17.7 Å². The summed E-state index contributed by atoms with van der Waals surface area (Å²) in [5.74, 6) is 2.45. The Morgan fingerprint density at radius 1 is 1.30 bits per heavy atom. The molecule has 7 heteroatoms. The van der Waals surface area contributed by atoms with E-state index in [1.165, 1.54) is 6.92 Å². The summed E-state index contributed by atoms with van der Waals surface area (Å²) in [6.07, 6.45) is 2.87. The Bertz CT molecular complexity index is 778. The number of rotatable bonds is 6. The van der Waals surface area contributed by atoms with Crippen LogP contribution in [0.2, 0.25) is 0 Å². The first kappa shape index (κ1) is 18.9. The van der Waals surface area contributed by atoms with Gasteiger partial charge in [0.05, 0.1) is 12.6 Å². The normalized spacial score (nSPS) is 17.5. The number of nitrogens with zero attached hydrogens (tertiary/aromatic N) is 4. The van der Waals surface area contributed by atoms with E-state index in [2.05, 4.69) is 20.2 Å². The second-order valence-electron chi connectivity index (χ2n) is 7.08. The number of benzene rings is 1. The molecule has 1 aromatic heterocycles. The van der Waals surface area contributed by atoms with Gasteiger partial charge in [-0.25, -0.2) is 4.98 Å². The molecule has 1 saturated heterocycles. The van der Waals surface area contributed by atoms with Gasteiger partial charge in [0.2, 0.25) is 11.9 Å². The Morgan fingerprint density at radius 2 is 2.04 bits per heavy atom. The van der Waals surface area contributed by atoms with E-state index in [4.69, 9.17) is 4.74 Å². The Balaban J connectivity index is 1.58. The molecule has 1 aliphatic rings. The topological polar surface area (TPSA) is 70.6 Å². The molecule has 2 atom stereocenters. The number of hydrogen-bond acceptors (Lipinski definition) is 6. The van der Waals surface area contributed by atoms with Crippen molar-refractivity contribution in [1.29, 1.82) is 0 Å². The van der Waals surface area contributed by atoms with Gasteiger partial charge in [-0.15, -0.1) is 0 Å². The predicted octanol–water partition coefficient (Wildman–Crippen LogP) is 2.40. The average Bonchev–Trinajstić information content (AvgIpc) is 3.10. The molecule has 7 nitrogen and oxygen atoms in total. The summed E-state index contributed by atoms with van der Waals surface area (Å²) in [7, 11) is 3.87. The van der Waals surface area contributed by atoms with Crippen molar-refractivity contribution in [3.05, 3.63) is 42.1 Å². The maximum atomic E-state index is 11.2. The lowest BCUT2D eigenvalue weighted by Gasteiger charge is -2.20. The SMILES string of the molecule is CC(=O)NC(C)c1ccc(O[C@@H]2CCN(c3ccnc(N(C)C)n3)C2)cc1. The lowest BCUT2D eigenvalue weighted by molar-refractivity contribution is -0.119. The molecule has 0 bridgehead atoms. The van der Waals surface area contributed by atoms with E-state index in [1.807, 2.05) is 56.3 Å². The fourth-order valence-corrected chi connectivity index (χ4v) is 3.18. The molecule has 1 fully saturated rings. The van der Waals surface area contributed by atoms with Gasteiger partial charge in [-0.1, -0.05) is 12.1 Å². The van der Waals surface area contributed by atoms with Crippen molar-refractivity contribution in [2.75, 3.05) is 37.0 Å². The van der Waals surface area contributed by atoms with Crippen LogP contribution < -0.4 is 19.9 Å². The molecule has 3 rings (SSSR count). The summed E-state index contributed by atoms with van der Waals surface area (Å²) >= 11 is 0. The standard InChI is InChI=1S/C20H27N5O2/c1-14(22-15(2)26)16-5-7-17(8-6-16)27-18-10-12-25(13-18)19-9-11-21-20(23-19)24(3)4/h5-9,11,14,18H,10,12-13H2,1-4H3,(H,22,26)/t14?,18-/m1/s1. The lowest BCUT2D eigenvalue weighted by atomic mass is 10.1. The summed E-state index contributed by atoms with van der Waals surface area (Å²) in [4.78, 5) is 24.2. The van der Waals surface area contributed by atoms with Crippen LogP contribution >= 0.6 is 0 Å². The summed E-state index contributed by atoms with van der Waals surface area (Å²) in [6.45, 7) is 5.20. The third kappa shape index (κ3) is 4.87. The molecular formula is C20H27N5O2. The van der Waals surface area contributed by atoms with Crippen LogP contribution in [-0.2, 0) is 4.79 Å². The zero-order chi connectivity index (χ0) is 19.4. The highest BCUT2D eigenvalue weighted by atomic mass is 16.5. The fraction of sp³-hybridized carbons (Fsp3) is 0.450. The van der Waals surface area contributed by atoms with Crippen LogP contribution in [0.5, 0.6) is 5.75 Å². The van der Waals surface area contributed by atoms with E-state index in [-0.39, 0.29) is 18.1 Å². The van der Waals surface area contributed by atoms with E-state index in [9.17, 15) is 4.79 Å². The minimum atomic E-state index is -0.0315. The Labute approximate surface area is 160 Å². The number of aromatic nitrogens is 2. The van der Waals surface area contributed by atoms with Crippen LogP contribution in [-0.4, -0.2) is 49.2 Å². The van der Waals surface area contributed by atoms with Crippen LogP contribution in [0.4, 0.5) is 11.8 Å². The largest absolute Gasteiger partial charge is 0.489 e. The molecule has 27 heavy (non-hydrogen) atoms. The van der Waals surface area contributed by atoms with E-state index in [0.717, 1.165) is 36.6 Å². The first-order chi connectivity index (χ1) is 12.9. The minimum absolute atomic E-state index is 0.0119. The van der Waals surface area contributed by atoms with Gasteiger partial charge in [-0.2, -0.15) is 4.98 Å². The monoisotopic (exact) mass is 369 g/mol. The first-order valence-electron chi connectivity index (χ1n) is 9.21. The molecule has 2 aromatic rings. The second kappa shape index (κ2) is 8.24. The van der Waals surface area contributed by atoms with Crippen LogP contribution in [0.1, 0.15) is 31.9 Å². The zero-order valence-electron chi connectivity index (χ0n) is 16.3. The zero-order valence-corrected chi connectivity index (χ0v) is 16.3. The number of anilines is 2. The highest BCUT2D eigenvalue weighted by molar-refractivity contribution is 5.73. The fourth-order valence-electron chi connectivity index (χ4n) is 3.18. The molecule has 0 aliphatic carbocycles. The van der Waals surface area contributed by atoms with Crippen molar-refractivity contribution < 1.29 is 9.53 Å². The maximum absolute atomic E-state index is 11.2. The molecule has 0 radical (unpaired) electrons. The molecule has 1 aromatic carbocycles. The van der Waals surface area contributed by atoms with E-state index < -0.39 is 0 Å². The van der Waals surface area contributed by atoms with Gasteiger partial charge in [-0.05, 0) is 30.7 Å². The average molecular weight is 369 g/mol. The van der Waals surface area contributed by atoms with Gasteiger partial charge in [-0.3, -0.25) is 4.79 Å². The smallest absolute Gasteiger partial charge is 0.226 e. The maximum Gasteiger partial charge on any atom is 0.226 e. The third-order valence-electron chi connectivity index (χ3n) is 4.60. The predicted molar refractivity (Wildman–Crippen MR) is 106 cm³/mol. The van der Waals surface area contributed by atoms with Crippen molar-refractivity contribution in [2.45, 2.75) is 32.4 Å². The number of ether oxygens (including phenoxy) is 1. The number of carbonyl (C=O) groups is 1. The molecule has 1 N–H and O–H groups in total. The molecule has 144 valence electrons. The molecule has 2 heterocycles.